The van der Waals surface area contributed by atoms with E-state index in [0.717, 1.165) is 0 Å². The van der Waals surface area contributed by atoms with Crippen molar-refractivity contribution in [2.24, 2.45) is 0 Å². The second-order valence-electron chi connectivity index (χ2n) is 2.46. The molecule has 2 rings (SSSR count). The van der Waals surface area contributed by atoms with E-state index >= 15 is 0 Å². The van der Waals surface area contributed by atoms with Crippen LogP contribution in [0.2, 0.25) is 0 Å². The molecule has 0 aliphatic heterocycles. The number of nitro groups is 1. The Balaban J connectivity index is 2.86. The second-order valence-corrected chi connectivity index (χ2v) is 3.32. The van der Waals surface area contributed by atoms with Crippen LogP contribution in [0.4, 0.5) is 5.82 Å². The molecule has 0 atom stereocenters. The summed E-state index contributed by atoms with van der Waals surface area (Å²) in [5.41, 5.74) is 0.584. The van der Waals surface area contributed by atoms with E-state index in [4.69, 9.17) is 0 Å². The lowest BCUT2D eigenvalue weighted by molar-refractivity contribution is -0.387. The van der Waals surface area contributed by atoms with Crippen LogP contribution in [0.5, 0.6) is 0 Å². The van der Waals surface area contributed by atoms with Crippen molar-refractivity contribution in [3.05, 3.63) is 32.8 Å². The summed E-state index contributed by atoms with van der Waals surface area (Å²) in [7, 11) is 0. The topological polar surface area (TPSA) is 71.8 Å². The lowest BCUT2D eigenvalue weighted by atomic mass is 10.2. The monoisotopic (exact) mass is 241 g/mol. The smallest absolute Gasteiger partial charge is 0.351 e. The first-order valence-electron chi connectivity index (χ1n) is 3.47. The van der Waals surface area contributed by atoms with Gasteiger partial charge in [-0.25, -0.2) is 0 Å². The van der Waals surface area contributed by atoms with Crippen LogP contribution in [0, 0.1) is 10.1 Å². The number of hydrogen-bond donors (Lipinski definition) is 1. The lowest BCUT2D eigenvalue weighted by Gasteiger charge is -1.92. The Labute approximate surface area is 81.0 Å². The molecular weight excluding hydrogens is 238 g/mol. The molecule has 0 saturated heterocycles. The molecule has 0 aliphatic rings. The Kier molecular flexibility index (Phi) is 1.77. The minimum absolute atomic E-state index is 0.0810. The van der Waals surface area contributed by atoms with E-state index in [-0.39, 0.29) is 5.82 Å². The quantitative estimate of drug-likeness (QED) is 0.615. The first-order valence-corrected chi connectivity index (χ1v) is 4.26. The molecular formula is C7H4BrN3O2. The van der Waals surface area contributed by atoms with Crippen LogP contribution in [0.1, 0.15) is 0 Å². The van der Waals surface area contributed by atoms with E-state index in [9.17, 15) is 10.1 Å². The van der Waals surface area contributed by atoms with Gasteiger partial charge in [0, 0.05) is 4.47 Å². The van der Waals surface area contributed by atoms with Crippen molar-refractivity contribution in [2.75, 3.05) is 0 Å². The molecule has 2 aromatic rings. The van der Waals surface area contributed by atoms with Gasteiger partial charge in [0.1, 0.15) is 10.9 Å². The zero-order valence-corrected chi connectivity index (χ0v) is 7.91. The Morgan fingerprint density at radius 2 is 2.31 bits per heavy atom. The van der Waals surface area contributed by atoms with Crippen LogP contribution in [-0.4, -0.2) is 15.1 Å². The van der Waals surface area contributed by atoms with E-state index in [1.54, 1.807) is 18.2 Å². The van der Waals surface area contributed by atoms with Crippen molar-refractivity contribution in [3.63, 3.8) is 0 Å². The lowest BCUT2D eigenvalue weighted by Crippen LogP contribution is -1.88. The highest BCUT2D eigenvalue weighted by Crippen LogP contribution is 2.29. The van der Waals surface area contributed by atoms with Crippen molar-refractivity contribution in [1.29, 1.82) is 0 Å². The molecule has 13 heavy (non-hydrogen) atoms. The number of H-pyrrole nitrogens is 1. The predicted molar refractivity (Wildman–Crippen MR) is 50.4 cm³/mol. The number of nitrogens with one attached hydrogen (secondary N) is 1. The van der Waals surface area contributed by atoms with Crippen LogP contribution in [0.3, 0.4) is 0 Å². The number of nitrogens with zero attached hydrogens (tertiary/aromatic N) is 2. The number of aromatic nitrogens is 2. The number of halogens is 1. The van der Waals surface area contributed by atoms with Gasteiger partial charge in [-0.1, -0.05) is 11.2 Å². The van der Waals surface area contributed by atoms with E-state index < -0.39 is 4.92 Å². The van der Waals surface area contributed by atoms with Gasteiger partial charge in [0.2, 0.25) is 0 Å². The van der Waals surface area contributed by atoms with Crippen LogP contribution in [0.15, 0.2) is 22.7 Å². The van der Waals surface area contributed by atoms with Gasteiger partial charge in [0.15, 0.2) is 0 Å². The van der Waals surface area contributed by atoms with Crippen molar-refractivity contribution in [3.8, 4) is 0 Å². The number of fused-ring (bicyclic) bond motifs is 1. The third kappa shape index (κ3) is 1.19. The Morgan fingerprint density at radius 1 is 1.54 bits per heavy atom. The normalized spacial score (nSPS) is 10.5. The number of benzene rings is 1. The molecule has 0 aliphatic carbocycles. The Hall–Kier alpha value is -1.43. The zero-order valence-electron chi connectivity index (χ0n) is 6.32. The van der Waals surface area contributed by atoms with E-state index in [1.165, 1.54) is 0 Å². The molecule has 0 saturated carbocycles. The van der Waals surface area contributed by atoms with Gasteiger partial charge in [-0.3, -0.25) is 0 Å². The number of rotatable bonds is 1. The third-order valence-electron chi connectivity index (χ3n) is 1.69. The van der Waals surface area contributed by atoms with Gasteiger partial charge in [-0.15, -0.1) is 5.10 Å². The molecule has 0 spiro atoms. The molecule has 1 N–H and O–H groups in total. The summed E-state index contributed by atoms with van der Waals surface area (Å²) in [6.45, 7) is 0. The van der Waals surface area contributed by atoms with Crippen LogP contribution in [-0.2, 0) is 0 Å². The highest BCUT2D eigenvalue weighted by molar-refractivity contribution is 9.10. The molecule has 0 amide bonds. The van der Waals surface area contributed by atoms with Gasteiger partial charge in [-0.2, -0.15) is 0 Å². The second kappa shape index (κ2) is 2.81. The summed E-state index contributed by atoms with van der Waals surface area (Å²) in [6, 6.07) is 5.23. The van der Waals surface area contributed by atoms with Gasteiger partial charge in [0.05, 0.1) is 0 Å². The molecule has 0 radical (unpaired) electrons. The Morgan fingerprint density at radius 3 is 3.00 bits per heavy atom. The molecule has 0 unspecified atom stereocenters. The van der Waals surface area contributed by atoms with E-state index in [0.29, 0.717) is 15.4 Å². The molecule has 0 bridgehead atoms. The molecule has 5 nitrogen and oxygen atoms in total. The fourth-order valence-corrected chi connectivity index (χ4v) is 1.69. The maximum absolute atomic E-state index is 10.5. The standard InChI is InChI=1S/C7H4BrN3O2/c8-4-2-1-3-5-6(4)7(10-9-5)11(12)13/h1-3H,(H,9,10). The summed E-state index contributed by atoms with van der Waals surface area (Å²) in [5, 5.41) is 17.2. The fraction of sp³-hybridized carbons (Fsp3) is 0. The molecule has 1 aromatic carbocycles. The van der Waals surface area contributed by atoms with Crippen LogP contribution < -0.4 is 0 Å². The molecule has 1 aromatic heterocycles. The number of aromatic amines is 1. The molecule has 66 valence electrons. The largest absolute Gasteiger partial charge is 0.358 e. The van der Waals surface area contributed by atoms with Gasteiger partial charge >= 0.3 is 5.82 Å². The van der Waals surface area contributed by atoms with Crippen molar-refractivity contribution in [1.82, 2.24) is 10.2 Å². The zero-order chi connectivity index (χ0) is 9.42. The van der Waals surface area contributed by atoms with E-state index in [1.807, 2.05) is 0 Å². The average Bonchev–Trinajstić information content (AvgIpc) is 2.49. The maximum Gasteiger partial charge on any atom is 0.351 e. The van der Waals surface area contributed by atoms with Gasteiger partial charge in [-0.05, 0) is 33.0 Å². The molecule has 0 fully saturated rings. The first-order chi connectivity index (χ1) is 6.20. The third-order valence-corrected chi connectivity index (χ3v) is 2.35. The fourth-order valence-electron chi connectivity index (χ4n) is 1.14. The minimum Gasteiger partial charge on any atom is -0.358 e. The Bertz CT molecular complexity index is 480. The maximum atomic E-state index is 10.5. The summed E-state index contributed by atoms with van der Waals surface area (Å²) >= 11 is 3.23. The van der Waals surface area contributed by atoms with Crippen LogP contribution >= 0.6 is 15.9 Å². The highest BCUT2D eigenvalue weighted by Gasteiger charge is 2.16. The summed E-state index contributed by atoms with van der Waals surface area (Å²) in [5.74, 6) is -0.0810. The average molecular weight is 242 g/mol. The molecule has 6 heteroatoms. The highest BCUT2D eigenvalue weighted by atomic mass is 79.9. The minimum atomic E-state index is -0.486. The molecule has 1 heterocycles. The summed E-state index contributed by atoms with van der Waals surface area (Å²) < 4.78 is 0.672. The van der Waals surface area contributed by atoms with Gasteiger partial charge < -0.3 is 10.1 Å². The van der Waals surface area contributed by atoms with Gasteiger partial charge in [0.25, 0.3) is 0 Å². The first kappa shape index (κ1) is 8.18. The van der Waals surface area contributed by atoms with Crippen molar-refractivity contribution in [2.45, 2.75) is 0 Å². The number of hydrogen-bond acceptors (Lipinski definition) is 3. The predicted octanol–water partition coefficient (Wildman–Crippen LogP) is 2.23. The van der Waals surface area contributed by atoms with Crippen molar-refractivity contribution < 1.29 is 4.92 Å². The van der Waals surface area contributed by atoms with Crippen LogP contribution in [0.25, 0.3) is 10.9 Å². The van der Waals surface area contributed by atoms with E-state index in [2.05, 4.69) is 26.1 Å². The van der Waals surface area contributed by atoms with Crippen molar-refractivity contribution >= 4 is 32.7 Å². The summed E-state index contributed by atoms with van der Waals surface area (Å²) in [6.07, 6.45) is 0. The summed E-state index contributed by atoms with van der Waals surface area (Å²) in [4.78, 5) is 10.1. The SMILES string of the molecule is O=[N+]([O-])c1[nH]nc2cccc(Br)c12.